The number of fused-ring (bicyclic) bond motifs is 8. The average molecular weight is 804 g/mol. The molecule has 5 heterocycles. The van der Waals surface area contributed by atoms with Crippen molar-refractivity contribution in [2.45, 2.75) is 0 Å². The topological polar surface area (TPSA) is 209 Å². The van der Waals surface area contributed by atoms with Crippen LogP contribution in [0.3, 0.4) is 0 Å². The minimum Gasteiger partial charge on any atom is -0.657 e. The zero-order chi connectivity index (χ0) is 36.4. The molecule has 0 fully saturated rings. The van der Waals surface area contributed by atoms with Gasteiger partial charge in [0.2, 0.25) is 0 Å². The van der Waals surface area contributed by atoms with Gasteiger partial charge >= 0.3 is 17.1 Å². The molecule has 0 aliphatic carbocycles. The summed E-state index contributed by atoms with van der Waals surface area (Å²) >= 11 is 0. The maximum absolute atomic E-state index is 8.49. The first-order chi connectivity index (χ1) is 25.8. The summed E-state index contributed by atoms with van der Waals surface area (Å²) in [4.78, 5) is 21.2. The van der Waals surface area contributed by atoms with E-state index in [-0.39, 0.29) is 28.0 Å². The molecule has 0 atom stereocenters. The fourth-order valence-electron chi connectivity index (χ4n) is 6.69. The first-order valence-corrected chi connectivity index (χ1v) is 17.9. The Morgan fingerprint density at radius 3 is 0.875 bits per heavy atom. The van der Waals surface area contributed by atoms with Crippen LogP contribution in [0.15, 0.2) is 146 Å². The van der Waals surface area contributed by atoms with Gasteiger partial charge in [0.15, 0.2) is 0 Å². The summed E-state index contributed by atoms with van der Waals surface area (Å²) in [7, 11) is -4.94. The van der Waals surface area contributed by atoms with Crippen molar-refractivity contribution >= 4 is 46.4 Å². The Bertz CT molecular complexity index is 2520. The molecule has 0 unspecified atom stereocenters. The fraction of sp³-hybridized carbons (Fsp3) is 0. The monoisotopic (exact) mass is 803 g/mol. The van der Waals surface area contributed by atoms with E-state index in [4.69, 9.17) is 38.6 Å². The van der Waals surface area contributed by atoms with Crippen molar-refractivity contribution in [3.8, 4) is 44.5 Å². The Balaban J connectivity index is 0.000000708. The van der Waals surface area contributed by atoms with Crippen LogP contribution in [0.2, 0.25) is 0 Å². The molecule has 56 heavy (non-hydrogen) atoms. The third-order valence-corrected chi connectivity index (χ3v) is 8.86. The minimum atomic E-state index is -4.94. The Morgan fingerprint density at radius 2 is 0.571 bits per heavy atom. The molecule has 4 N–H and O–H groups in total. The van der Waals surface area contributed by atoms with E-state index in [1.165, 1.54) is 0 Å². The smallest absolute Gasteiger partial charge is 0.657 e. The molecule has 7 aromatic rings. The van der Waals surface area contributed by atoms with E-state index in [9.17, 15) is 0 Å². The molecule has 3 aromatic heterocycles. The predicted molar refractivity (Wildman–Crippen MR) is 206 cm³/mol. The third kappa shape index (κ3) is 8.78. The van der Waals surface area contributed by atoms with Crippen LogP contribution in [0.25, 0.3) is 90.9 Å². The van der Waals surface area contributed by atoms with Gasteiger partial charge in [0.1, 0.15) is 0 Å². The largest absolute Gasteiger partial charge is 3.00 e. The van der Waals surface area contributed by atoms with Crippen LogP contribution in [-0.2, 0) is 17.1 Å². The molecule has 4 aromatic carbocycles. The Kier molecular flexibility index (Phi) is 13.0. The van der Waals surface area contributed by atoms with Crippen molar-refractivity contribution in [3.63, 3.8) is 0 Å². The number of aromatic nitrogens is 4. The summed E-state index contributed by atoms with van der Waals surface area (Å²) in [6, 6.07) is 50.0. The van der Waals surface area contributed by atoms with E-state index in [0.717, 1.165) is 89.4 Å². The molecular formula is C44H32ClFeN4O6. The summed E-state index contributed by atoms with van der Waals surface area (Å²) in [5.74, 6) is 0. The number of hydrogen-bond acceptors (Lipinski definition) is 6. The van der Waals surface area contributed by atoms with Crippen LogP contribution in [0.1, 0.15) is 22.8 Å². The molecular weight excluding hydrogens is 772 g/mol. The number of halogens is 1. The van der Waals surface area contributed by atoms with Gasteiger partial charge in [-0.2, -0.15) is 0 Å². The first kappa shape index (κ1) is 41.2. The predicted octanol–water partition coefficient (Wildman–Crippen LogP) is 4.17. The second kappa shape index (κ2) is 17.7. The van der Waals surface area contributed by atoms with Gasteiger partial charge in [-0.25, -0.2) is 28.6 Å². The van der Waals surface area contributed by atoms with Crippen LogP contribution < -0.4 is 28.6 Å². The van der Waals surface area contributed by atoms with Gasteiger partial charge < -0.3 is 20.9 Å². The molecule has 0 saturated carbocycles. The van der Waals surface area contributed by atoms with Gasteiger partial charge in [-0.15, -0.1) is 32.3 Å². The maximum atomic E-state index is 8.49. The van der Waals surface area contributed by atoms with Crippen molar-refractivity contribution < 1.29 is 56.9 Å². The molecule has 2 aliphatic rings. The summed E-state index contributed by atoms with van der Waals surface area (Å²) in [5.41, 5.74) is 15.0. The van der Waals surface area contributed by atoms with E-state index in [1.54, 1.807) is 0 Å². The van der Waals surface area contributed by atoms with Crippen molar-refractivity contribution in [2.24, 2.45) is 0 Å². The van der Waals surface area contributed by atoms with Gasteiger partial charge in [0, 0.05) is 5.56 Å². The molecule has 0 saturated heterocycles. The van der Waals surface area contributed by atoms with Crippen molar-refractivity contribution in [1.29, 1.82) is 0 Å². The number of hydrogen-bond donors (Lipinski definition) is 0. The van der Waals surface area contributed by atoms with Crippen LogP contribution in [0, 0.1) is 10.2 Å². The van der Waals surface area contributed by atoms with Gasteiger partial charge in [-0.1, -0.05) is 146 Å². The standard InChI is InChI=1S/C44H28N4.ClHO4.Fe.2H2O/c1-5-13-29(14-6-1)41-33-21-23-35(45-33)42(30-15-7-2-8-16-30)37-25-27-39(47-37)44(32-19-11-4-12-20-32)40-28-26-38(48-40)43(31-17-9-3-10-18-31)36-24-22-34(41)46-36;2-1(3,4)5;;;/h1-28H;(H,2,3,4,5);;2*1H2/q-2;;+3;;/p-1. The molecule has 0 spiro atoms. The van der Waals surface area contributed by atoms with Gasteiger partial charge in [-0.05, 0) is 63.2 Å². The molecule has 12 heteroatoms. The van der Waals surface area contributed by atoms with E-state index in [1.807, 2.05) is 24.3 Å². The molecule has 8 bridgehead atoms. The number of benzene rings is 4. The second-order valence-corrected chi connectivity index (χ2v) is 13.0. The fourth-order valence-corrected chi connectivity index (χ4v) is 6.69. The minimum absolute atomic E-state index is 0. The molecule has 9 rings (SSSR count). The van der Waals surface area contributed by atoms with E-state index >= 15 is 0 Å². The Hall–Kier alpha value is -5.95. The summed E-state index contributed by atoms with van der Waals surface area (Å²) in [6.07, 6.45) is 8.41. The quantitative estimate of drug-likeness (QED) is 0.235. The van der Waals surface area contributed by atoms with Gasteiger partial charge in [0.25, 0.3) is 0 Å². The van der Waals surface area contributed by atoms with Crippen LogP contribution in [0.4, 0.5) is 0 Å². The van der Waals surface area contributed by atoms with E-state index < -0.39 is 10.2 Å². The molecule has 279 valence electrons. The average Bonchev–Trinajstić information content (AvgIpc) is 4.01. The molecule has 1 radical (unpaired) electrons. The van der Waals surface area contributed by atoms with Crippen molar-refractivity contribution in [3.05, 3.63) is 168 Å². The summed E-state index contributed by atoms with van der Waals surface area (Å²) < 4.78 is 34.0. The zero-order valence-corrected chi connectivity index (χ0v) is 31.2. The SMILES string of the molecule is C1=Cc2nc1c(-c1ccccc1)c1nc(c(-c3ccccc3)c3ccc([n-]3)c(-c3ccccc3)c3ccc([n-]3)c2-c2ccccc2)C=C1.O.O.[Fe+3].[O-][Cl+3]([O-])([O-])[O-]. The van der Waals surface area contributed by atoms with Crippen LogP contribution in [-0.4, -0.2) is 20.9 Å². The molecule has 0 amide bonds. The maximum Gasteiger partial charge on any atom is 3.00 e. The normalized spacial score (nSPS) is 11.4. The molecule has 10 nitrogen and oxygen atoms in total. The summed E-state index contributed by atoms with van der Waals surface area (Å²) in [5, 5.41) is 0. The van der Waals surface area contributed by atoms with E-state index in [0.29, 0.717) is 0 Å². The van der Waals surface area contributed by atoms with Crippen molar-refractivity contribution in [2.75, 3.05) is 0 Å². The third-order valence-electron chi connectivity index (χ3n) is 8.86. The Labute approximate surface area is 334 Å². The first-order valence-electron chi connectivity index (χ1n) is 16.7. The second-order valence-electron chi connectivity index (χ2n) is 12.2. The van der Waals surface area contributed by atoms with Gasteiger partial charge in [0.05, 0.1) is 22.8 Å². The number of rotatable bonds is 4. The number of nitrogens with zero attached hydrogens (tertiary/aromatic N) is 4. The Morgan fingerprint density at radius 1 is 0.339 bits per heavy atom. The van der Waals surface area contributed by atoms with Gasteiger partial charge in [-0.3, -0.25) is 0 Å². The summed E-state index contributed by atoms with van der Waals surface area (Å²) in [6.45, 7) is 0. The van der Waals surface area contributed by atoms with Crippen LogP contribution >= 0.6 is 0 Å². The van der Waals surface area contributed by atoms with Crippen LogP contribution in [0.5, 0.6) is 0 Å². The zero-order valence-electron chi connectivity index (χ0n) is 29.3. The van der Waals surface area contributed by atoms with Crippen molar-refractivity contribution in [1.82, 2.24) is 19.9 Å². The van der Waals surface area contributed by atoms with E-state index in [2.05, 4.69) is 146 Å². The molecule has 2 aliphatic heterocycles.